The van der Waals surface area contributed by atoms with Crippen LogP contribution in [0.4, 0.5) is 11.6 Å². The quantitative estimate of drug-likeness (QED) is 0.617. The second kappa shape index (κ2) is 4.15. The van der Waals surface area contributed by atoms with Gasteiger partial charge >= 0.3 is 0 Å². The van der Waals surface area contributed by atoms with Crippen LogP contribution in [0, 0.1) is 0 Å². The average molecular weight is 258 g/mol. The highest BCUT2D eigenvalue weighted by Crippen LogP contribution is 2.27. The molecule has 3 rings (SSSR count). The van der Waals surface area contributed by atoms with Gasteiger partial charge in [0.1, 0.15) is 0 Å². The van der Waals surface area contributed by atoms with Crippen LogP contribution in [0.5, 0.6) is 0 Å². The first-order valence-electron chi connectivity index (χ1n) is 5.32. The lowest BCUT2D eigenvalue weighted by Crippen LogP contribution is -2.11. The van der Waals surface area contributed by atoms with E-state index < -0.39 is 0 Å². The van der Waals surface area contributed by atoms with Gasteiger partial charge in [0.05, 0.1) is 4.88 Å². The first-order valence-corrected chi connectivity index (χ1v) is 6.14. The van der Waals surface area contributed by atoms with Crippen LogP contribution in [0.1, 0.15) is 9.67 Å². The molecule has 0 radical (unpaired) electrons. The molecule has 2 heterocycles. The van der Waals surface area contributed by atoms with Gasteiger partial charge in [-0.2, -0.15) is 0 Å². The number of nitrogens with one attached hydrogen (secondary N) is 2. The van der Waals surface area contributed by atoms with E-state index >= 15 is 0 Å². The van der Waals surface area contributed by atoms with Gasteiger partial charge in [-0.05, 0) is 29.7 Å². The van der Waals surface area contributed by atoms with E-state index in [0.717, 1.165) is 10.1 Å². The molecule has 0 aliphatic carbocycles. The molecular weight excluding hydrogens is 248 g/mol. The van der Waals surface area contributed by atoms with E-state index in [-0.39, 0.29) is 5.91 Å². The van der Waals surface area contributed by atoms with E-state index in [0.29, 0.717) is 16.5 Å². The van der Waals surface area contributed by atoms with Crippen LogP contribution in [-0.4, -0.2) is 15.9 Å². The Labute approximate surface area is 107 Å². The van der Waals surface area contributed by atoms with Crippen molar-refractivity contribution < 1.29 is 4.79 Å². The Morgan fingerprint density at radius 3 is 3.06 bits per heavy atom. The largest absolute Gasteiger partial charge is 0.399 e. The van der Waals surface area contributed by atoms with Crippen molar-refractivity contribution in [3.63, 3.8) is 0 Å². The van der Waals surface area contributed by atoms with Gasteiger partial charge < -0.3 is 10.7 Å². The molecular formula is C12H10N4OS. The molecule has 3 aromatic rings. The maximum Gasteiger partial charge on any atom is 0.268 e. The second-order valence-corrected chi connectivity index (χ2v) is 4.88. The number of thiophene rings is 1. The number of amides is 1. The van der Waals surface area contributed by atoms with Crippen molar-refractivity contribution in [1.82, 2.24) is 9.97 Å². The summed E-state index contributed by atoms with van der Waals surface area (Å²) in [6, 6.07) is 7.43. The molecule has 0 atom stereocenters. The van der Waals surface area contributed by atoms with Crippen LogP contribution in [0.25, 0.3) is 10.1 Å². The van der Waals surface area contributed by atoms with Gasteiger partial charge in [-0.15, -0.1) is 11.3 Å². The number of benzene rings is 1. The third kappa shape index (κ3) is 1.93. The summed E-state index contributed by atoms with van der Waals surface area (Å²) in [5.41, 5.74) is 6.40. The molecule has 2 aromatic heterocycles. The zero-order chi connectivity index (χ0) is 12.5. The van der Waals surface area contributed by atoms with Crippen LogP contribution in [0.2, 0.25) is 0 Å². The molecule has 0 bridgehead atoms. The minimum absolute atomic E-state index is 0.176. The fourth-order valence-corrected chi connectivity index (χ4v) is 2.61. The lowest BCUT2D eigenvalue weighted by Gasteiger charge is -1.97. The molecule has 4 N–H and O–H groups in total. The Hall–Kier alpha value is -2.34. The molecule has 0 saturated heterocycles. The summed E-state index contributed by atoms with van der Waals surface area (Å²) < 4.78 is 1.04. The number of anilines is 2. The Morgan fingerprint density at radius 2 is 2.28 bits per heavy atom. The van der Waals surface area contributed by atoms with Crippen molar-refractivity contribution in [3.05, 3.63) is 41.5 Å². The number of aromatic amines is 1. The fraction of sp³-hybridized carbons (Fsp3) is 0. The number of H-pyrrole nitrogens is 1. The van der Waals surface area contributed by atoms with Crippen LogP contribution < -0.4 is 11.1 Å². The molecule has 18 heavy (non-hydrogen) atoms. The molecule has 0 spiro atoms. The van der Waals surface area contributed by atoms with Crippen molar-refractivity contribution in [2.75, 3.05) is 11.1 Å². The number of fused-ring (bicyclic) bond motifs is 1. The summed E-state index contributed by atoms with van der Waals surface area (Å²) in [6.07, 6.45) is 3.24. The van der Waals surface area contributed by atoms with Crippen molar-refractivity contribution in [2.45, 2.75) is 0 Å². The lowest BCUT2D eigenvalue weighted by molar-refractivity contribution is 0.103. The monoisotopic (exact) mass is 258 g/mol. The maximum absolute atomic E-state index is 12.0. The van der Waals surface area contributed by atoms with Gasteiger partial charge in [-0.25, -0.2) is 4.98 Å². The summed E-state index contributed by atoms with van der Waals surface area (Å²) >= 11 is 1.43. The zero-order valence-corrected chi connectivity index (χ0v) is 10.1. The number of aromatic nitrogens is 2. The SMILES string of the molecule is Nc1ccc2sc(C(=O)Nc3ncc[nH]3)cc2c1. The fourth-order valence-electron chi connectivity index (χ4n) is 1.68. The number of nitrogen functional groups attached to an aromatic ring is 1. The summed E-state index contributed by atoms with van der Waals surface area (Å²) in [5.74, 6) is 0.265. The van der Waals surface area contributed by atoms with Gasteiger partial charge in [-0.3, -0.25) is 10.1 Å². The van der Waals surface area contributed by atoms with Gasteiger partial charge in [0.25, 0.3) is 5.91 Å². The molecule has 1 amide bonds. The molecule has 0 aliphatic rings. The smallest absolute Gasteiger partial charge is 0.268 e. The molecule has 0 unspecified atom stereocenters. The van der Waals surface area contributed by atoms with Crippen molar-refractivity contribution in [2.24, 2.45) is 0 Å². The first-order chi connectivity index (χ1) is 8.72. The summed E-state index contributed by atoms with van der Waals surface area (Å²) in [7, 11) is 0. The molecule has 0 fully saturated rings. The number of carbonyl (C=O) groups is 1. The van der Waals surface area contributed by atoms with E-state index in [9.17, 15) is 4.79 Å². The molecule has 90 valence electrons. The minimum atomic E-state index is -0.176. The Bertz CT molecular complexity index is 702. The Balaban J connectivity index is 1.92. The van der Waals surface area contributed by atoms with Gasteiger partial charge in [0.2, 0.25) is 5.95 Å². The standard InChI is InChI=1S/C12H10N4OS/c13-8-1-2-9-7(5-8)6-10(18-9)11(17)16-12-14-3-4-15-12/h1-6H,13H2,(H2,14,15,16,17). The third-order valence-corrected chi connectivity index (χ3v) is 3.61. The van der Waals surface area contributed by atoms with Gasteiger partial charge in [0, 0.05) is 22.8 Å². The number of carbonyl (C=O) groups excluding carboxylic acids is 1. The minimum Gasteiger partial charge on any atom is -0.399 e. The van der Waals surface area contributed by atoms with Gasteiger partial charge in [-0.1, -0.05) is 0 Å². The van der Waals surface area contributed by atoms with E-state index in [1.807, 2.05) is 24.3 Å². The Morgan fingerprint density at radius 1 is 1.39 bits per heavy atom. The van der Waals surface area contributed by atoms with E-state index in [2.05, 4.69) is 15.3 Å². The zero-order valence-electron chi connectivity index (χ0n) is 9.31. The number of imidazole rings is 1. The highest BCUT2D eigenvalue weighted by Gasteiger charge is 2.11. The predicted octanol–water partition coefficient (Wildman–Crippen LogP) is 2.46. The van der Waals surface area contributed by atoms with Crippen LogP contribution >= 0.6 is 11.3 Å². The van der Waals surface area contributed by atoms with Crippen LogP contribution in [0.3, 0.4) is 0 Å². The first kappa shape index (κ1) is 10.8. The molecule has 1 aromatic carbocycles. The summed E-state index contributed by atoms with van der Waals surface area (Å²) in [5, 5.41) is 3.66. The summed E-state index contributed by atoms with van der Waals surface area (Å²) in [4.78, 5) is 19.4. The summed E-state index contributed by atoms with van der Waals surface area (Å²) in [6.45, 7) is 0. The maximum atomic E-state index is 12.0. The predicted molar refractivity (Wildman–Crippen MR) is 72.8 cm³/mol. The molecule has 6 heteroatoms. The molecule has 0 aliphatic heterocycles. The molecule has 0 saturated carbocycles. The van der Waals surface area contributed by atoms with Gasteiger partial charge in [0.15, 0.2) is 0 Å². The van der Waals surface area contributed by atoms with Crippen molar-refractivity contribution in [3.8, 4) is 0 Å². The van der Waals surface area contributed by atoms with Crippen molar-refractivity contribution >= 4 is 39.0 Å². The van der Waals surface area contributed by atoms with E-state index in [1.54, 1.807) is 12.4 Å². The Kier molecular flexibility index (Phi) is 2.49. The third-order valence-electron chi connectivity index (χ3n) is 2.49. The second-order valence-electron chi connectivity index (χ2n) is 3.80. The average Bonchev–Trinajstić information content (AvgIpc) is 2.96. The highest BCUT2D eigenvalue weighted by molar-refractivity contribution is 7.20. The van der Waals surface area contributed by atoms with E-state index in [4.69, 9.17) is 5.73 Å². The number of nitrogens with zero attached hydrogens (tertiary/aromatic N) is 1. The molecule has 5 nitrogen and oxygen atoms in total. The number of hydrogen-bond acceptors (Lipinski definition) is 4. The van der Waals surface area contributed by atoms with Crippen LogP contribution in [0.15, 0.2) is 36.7 Å². The van der Waals surface area contributed by atoms with Crippen molar-refractivity contribution in [1.29, 1.82) is 0 Å². The van der Waals surface area contributed by atoms with Crippen LogP contribution in [-0.2, 0) is 0 Å². The normalized spacial score (nSPS) is 10.7. The topological polar surface area (TPSA) is 83.8 Å². The number of rotatable bonds is 2. The number of nitrogens with two attached hydrogens (primary N) is 1. The highest BCUT2D eigenvalue weighted by atomic mass is 32.1. The lowest BCUT2D eigenvalue weighted by atomic mass is 10.2. The van der Waals surface area contributed by atoms with E-state index in [1.165, 1.54) is 11.3 Å². The number of hydrogen-bond donors (Lipinski definition) is 3.